The summed E-state index contributed by atoms with van der Waals surface area (Å²) in [6.07, 6.45) is 40.0. The molecule has 0 fully saturated rings. The van der Waals surface area contributed by atoms with Crippen LogP contribution in [0.1, 0.15) is 207 Å². The quantitative estimate of drug-likeness (QED) is 0.0217. The zero-order valence-corrected chi connectivity index (χ0v) is 37.2. The molecule has 0 saturated heterocycles. The zero-order valence-electron chi connectivity index (χ0n) is 34.3. The Morgan fingerprint density at radius 1 is 0.519 bits per heavy atom. The Morgan fingerprint density at radius 3 is 1.33 bits per heavy atom. The largest absolute Gasteiger partial charge is 0.472 e. The van der Waals surface area contributed by atoms with Crippen LogP contribution >= 0.6 is 7.82 Å². The summed E-state index contributed by atoms with van der Waals surface area (Å²) in [6.45, 7) is 5.76. The van der Waals surface area contributed by atoms with Gasteiger partial charge in [0.25, 0.3) is 0 Å². The average Bonchev–Trinajstić information content (AvgIpc) is 3.11. The van der Waals surface area contributed by atoms with E-state index in [0.717, 1.165) is 70.6 Å². The van der Waals surface area contributed by atoms with Crippen molar-refractivity contribution in [2.24, 2.45) is 0 Å². The molecule has 0 rings (SSSR count). The smallest absolute Gasteiger partial charge is 0.462 e. The second kappa shape index (κ2) is 41.7. The first-order chi connectivity index (χ1) is 24.8. The number of ether oxygens (including phenoxy) is 2. The van der Waals surface area contributed by atoms with Crippen LogP contribution in [-0.4, -0.2) is 72.3 Å². The van der Waals surface area contributed by atoms with Gasteiger partial charge < -0.3 is 14.4 Å². The number of carbonyl (C=O) groups is 2. The second-order valence-corrected chi connectivity index (χ2v) is 15.5. The predicted molar refractivity (Wildman–Crippen MR) is 218 cm³/mol. The van der Waals surface area contributed by atoms with Gasteiger partial charge in [-0.15, -0.1) is 0 Å². The molecule has 2 atom stereocenters. The standard InChI is InChI=1S/C42H79O8P.Na/c1-4-7-9-11-13-15-17-19-21-23-25-27-29-31-33-35-41(43)47-38-40(39-49-51(45,46)48-37-6-3)50-42(44)36-34-32-30-28-26-24-22-20-18-16-14-12-10-8-5-2;/h19-22,40H,4-18,23-39H2,1-3H3,(H,45,46);/b21-19-,22-20-;/t40-;/m1./s1. The van der Waals surface area contributed by atoms with Crippen LogP contribution in [0.15, 0.2) is 24.3 Å². The number of hydrogen-bond donors (Lipinski definition) is 1. The van der Waals surface area contributed by atoms with E-state index in [2.05, 4.69) is 38.2 Å². The number of unbranched alkanes of at least 4 members (excludes halogenated alkanes) is 22. The van der Waals surface area contributed by atoms with Crippen LogP contribution in [0.4, 0.5) is 0 Å². The van der Waals surface area contributed by atoms with Crippen molar-refractivity contribution in [3.05, 3.63) is 24.3 Å². The molecule has 0 amide bonds. The maximum absolute atomic E-state index is 12.6. The third-order valence-corrected chi connectivity index (χ3v) is 9.88. The molecule has 0 aromatic carbocycles. The summed E-state index contributed by atoms with van der Waals surface area (Å²) in [5.41, 5.74) is 0. The van der Waals surface area contributed by atoms with Crippen LogP contribution in [0.2, 0.25) is 0 Å². The van der Waals surface area contributed by atoms with Crippen molar-refractivity contribution in [1.82, 2.24) is 0 Å². The molecule has 1 N–H and O–H groups in total. The molecular weight excluding hydrogens is 686 g/mol. The predicted octanol–water partition coefficient (Wildman–Crippen LogP) is 12.7. The van der Waals surface area contributed by atoms with Crippen molar-refractivity contribution in [3.8, 4) is 0 Å². The molecule has 1 unspecified atom stereocenters. The second-order valence-electron chi connectivity index (χ2n) is 14.1. The molecule has 0 aromatic heterocycles. The first kappa shape index (κ1) is 53.6. The SMILES string of the molecule is CCCCCCCC/C=C\CCCCCCCC(=O)OC[C@H](COP(=O)(O)OCCC)OC(=O)CCCCCCC/C=C\CCCCCCCC.[Na]. The van der Waals surface area contributed by atoms with Crippen molar-refractivity contribution in [3.63, 3.8) is 0 Å². The topological polar surface area (TPSA) is 108 Å². The minimum atomic E-state index is -4.29. The molecule has 0 bridgehead atoms. The number of carbonyl (C=O) groups excluding carboxylic acids is 2. The molecule has 52 heavy (non-hydrogen) atoms. The van der Waals surface area contributed by atoms with Gasteiger partial charge in [-0.2, -0.15) is 0 Å². The maximum Gasteiger partial charge on any atom is 0.472 e. The molecule has 301 valence electrons. The molecule has 0 saturated carbocycles. The summed E-state index contributed by atoms with van der Waals surface area (Å²) in [5, 5.41) is 0. The summed E-state index contributed by atoms with van der Waals surface area (Å²) < 4.78 is 33.0. The number of allylic oxidation sites excluding steroid dienone is 4. The fraction of sp³-hybridized carbons (Fsp3) is 0.857. The third-order valence-electron chi connectivity index (χ3n) is 8.90. The Morgan fingerprint density at radius 2 is 0.904 bits per heavy atom. The van der Waals surface area contributed by atoms with E-state index in [4.69, 9.17) is 18.5 Å². The van der Waals surface area contributed by atoms with Crippen LogP contribution in [0, 0.1) is 0 Å². The Hall–Kier alpha value is -0.470. The fourth-order valence-electron chi connectivity index (χ4n) is 5.72. The van der Waals surface area contributed by atoms with Crippen molar-refractivity contribution in [2.45, 2.75) is 213 Å². The molecular formula is C42H79NaO8P. The number of hydrogen-bond acceptors (Lipinski definition) is 7. The molecule has 0 aliphatic heterocycles. The van der Waals surface area contributed by atoms with E-state index in [9.17, 15) is 19.0 Å². The molecule has 1 radical (unpaired) electrons. The zero-order chi connectivity index (χ0) is 37.5. The van der Waals surface area contributed by atoms with E-state index >= 15 is 0 Å². The molecule has 0 spiro atoms. The molecule has 8 nitrogen and oxygen atoms in total. The summed E-state index contributed by atoms with van der Waals surface area (Å²) in [4.78, 5) is 34.9. The van der Waals surface area contributed by atoms with E-state index in [0.29, 0.717) is 12.8 Å². The van der Waals surface area contributed by atoms with Crippen molar-refractivity contribution >= 4 is 49.3 Å². The van der Waals surface area contributed by atoms with Gasteiger partial charge in [0.2, 0.25) is 0 Å². The maximum atomic E-state index is 12.6. The normalized spacial score (nSPS) is 13.3. The van der Waals surface area contributed by atoms with E-state index in [1.54, 1.807) is 0 Å². The van der Waals surface area contributed by atoms with E-state index in [-0.39, 0.29) is 61.6 Å². The first-order valence-electron chi connectivity index (χ1n) is 21.1. The molecule has 10 heteroatoms. The van der Waals surface area contributed by atoms with Crippen LogP contribution in [0.5, 0.6) is 0 Å². The number of rotatable bonds is 39. The van der Waals surface area contributed by atoms with Crippen LogP contribution in [0.3, 0.4) is 0 Å². The Kier molecular flexibility index (Phi) is 43.0. The van der Waals surface area contributed by atoms with Crippen LogP contribution in [0.25, 0.3) is 0 Å². The summed E-state index contributed by atoms with van der Waals surface area (Å²) in [7, 11) is -4.29. The van der Waals surface area contributed by atoms with E-state index in [1.165, 1.54) is 89.9 Å². The first-order valence-corrected chi connectivity index (χ1v) is 22.6. The number of phosphoric acid groups is 1. The van der Waals surface area contributed by atoms with Gasteiger partial charge in [-0.1, -0.05) is 148 Å². The average molecular weight is 766 g/mol. The number of esters is 2. The van der Waals surface area contributed by atoms with E-state index in [1.807, 2.05) is 6.92 Å². The van der Waals surface area contributed by atoms with Crippen LogP contribution < -0.4 is 0 Å². The van der Waals surface area contributed by atoms with Crippen molar-refractivity contribution < 1.29 is 37.6 Å². The van der Waals surface area contributed by atoms with Gasteiger partial charge in [-0.3, -0.25) is 18.6 Å². The van der Waals surface area contributed by atoms with Crippen LogP contribution in [-0.2, 0) is 32.7 Å². The van der Waals surface area contributed by atoms with Gasteiger partial charge in [-0.25, -0.2) is 4.57 Å². The molecule has 0 aliphatic rings. The van der Waals surface area contributed by atoms with Gasteiger partial charge in [0.05, 0.1) is 13.2 Å². The fourth-order valence-corrected chi connectivity index (χ4v) is 6.56. The summed E-state index contributed by atoms with van der Waals surface area (Å²) >= 11 is 0. The molecule has 0 heterocycles. The number of phosphoric ester groups is 1. The molecule has 0 aromatic rings. The van der Waals surface area contributed by atoms with Gasteiger partial charge in [0.15, 0.2) is 6.10 Å². The minimum absolute atomic E-state index is 0. The third kappa shape index (κ3) is 40.7. The van der Waals surface area contributed by atoms with E-state index < -0.39 is 26.5 Å². The molecule has 0 aliphatic carbocycles. The van der Waals surface area contributed by atoms with Gasteiger partial charge >= 0.3 is 19.8 Å². The Bertz CT molecular complexity index is 897. The van der Waals surface area contributed by atoms with Crippen molar-refractivity contribution in [1.29, 1.82) is 0 Å². The van der Waals surface area contributed by atoms with Gasteiger partial charge in [-0.05, 0) is 70.6 Å². The van der Waals surface area contributed by atoms with Gasteiger partial charge in [0.1, 0.15) is 6.61 Å². The summed E-state index contributed by atoms with van der Waals surface area (Å²) in [5.74, 6) is -0.808. The van der Waals surface area contributed by atoms with Crippen molar-refractivity contribution in [2.75, 3.05) is 19.8 Å². The summed E-state index contributed by atoms with van der Waals surface area (Å²) in [6, 6.07) is 0. The van der Waals surface area contributed by atoms with Gasteiger partial charge in [0, 0.05) is 42.4 Å². The Labute approximate surface area is 342 Å². The minimum Gasteiger partial charge on any atom is -0.462 e. The Balaban J connectivity index is 0. The monoisotopic (exact) mass is 766 g/mol.